The molecule has 0 N–H and O–H groups in total. The minimum Gasteiger partial charge on any atom is -0.459 e. The van der Waals surface area contributed by atoms with Gasteiger partial charge in [-0.25, -0.2) is 0 Å². The van der Waals surface area contributed by atoms with Crippen LogP contribution in [-0.2, 0) is 5.41 Å². The second-order valence-corrected chi connectivity index (χ2v) is 20.4. The molecule has 0 atom stereocenters. The molecule has 0 saturated carbocycles. The van der Waals surface area contributed by atoms with Crippen molar-refractivity contribution in [1.29, 1.82) is 0 Å². The molecule has 4 nitrogen and oxygen atoms in total. The first-order chi connectivity index (χ1) is 38.6. The number of furan rings is 2. The summed E-state index contributed by atoms with van der Waals surface area (Å²) in [5.41, 5.74) is 23.5. The maximum absolute atomic E-state index is 6.86. The Bertz CT molecular complexity index is 4480. The second-order valence-electron chi connectivity index (χ2n) is 20.4. The first kappa shape index (κ1) is 45.3. The zero-order valence-electron chi connectivity index (χ0n) is 42.9. The van der Waals surface area contributed by atoms with Gasteiger partial charge in [0.25, 0.3) is 0 Å². The summed E-state index contributed by atoms with van der Waals surface area (Å²) in [6.45, 7) is 6.01. The van der Waals surface area contributed by atoms with Crippen LogP contribution in [0.4, 0.5) is 34.1 Å². The molecule has 0 saturated heterocycles. The standard InChI is InChI=1S/C74H50N2O2/c1-3-4-23-57-48(2)77-72-61(57)27-17-31-69(72)75(53-38-34-51(35-39-53)49-19-7-5-8-20-49)55-42-44-67-63(46-55)64-47-56(43-45-68(64)74(67)65-29-14-11-24-58(65)59-25-12-15-30-66(59)74)76(54-40-36-52(37-41-54)50-21-9-6-10-22-50)70-32-18-28-62-60-26-13-16-33-71(60)78-73(62)70/h3-47H,1H2,2H3/b23-4-. The molecule has 4 heteroatoms. The van der Waals surface area contributed by atoms with E-state index in [9.17, 15) is 0 Å². The van der Waals surface area contributed by atoms with Gasteiger partial charge in [-0.3, -0.25) is 0 Å². The van der Waals surface area contributed by atoms with Gasteiger partial charge in [0.1, 0.15) is 11.3 Å². The van der Waals surface area contributed by atoms with Gasteiger partial charge in [-0.05, 0) is 140 Å². The Labute approximate surface area is 453 Å². The van der Waals surface area contributed by atoms with Crippen molar-refractivity contribution in [2.45, 2.75) is 12.3 Å². The van der Waals surface area contributed by atoms with E-state index in [1.165, 1.54) is 55.6 Å². The average molecular weight is 999 g/mol. The molecular formula is C74H50N2O2. The van der Waals surface area contributed by atoms with E-state index in [4.69, 9.17) is 8.83 Å². The predicted molar refractivity (Wildman–Crippen MR) is 324 cm³/mol. The van der Waals surface area contributed by atoms with Crippen LogP contribution in [0, 0.1) is 6.92 Å². The lowest BCUT2D eigenvalue weighted by Gasteiger charge is -2.31. The summed E-state index contributed by atoms with van der Waals surface area (Å²) in [7, 11) is 0. The molecule has 2 aliphatic rings. The van der Waals surface area contributed by atoms with Crippen LogP contribution in [0.15, 0.2) is 282 Å². The van der Waals surface area contributed by atoms with Crippen LogP contribution in [0.2, 0.25) is 0 Å². The van der Waals surface area contributed by atoms with Gasteiger partial charge >= 0.3 is 0 Å². The van der Waals surface area contributed by atoms with Crippen molar-refractivity contribution >= 4 is 73.1 Å². The molecule has 15 rings (SSSR count). The van der Waals surface area contributed by atoms with Crippen molar-refractivity contribution < 1.29 is 8.83 Å². The number of benzene rings is 11. The Kier molecular flexibility index (Phi) is 10.4. The maximum atomic E-state index is 6.86. The summed E-state index contributed by atoms with van der Waals surface area (Å²) < 4.78 is 13.7. The highest BCUT2D eigenvalue weighted by Gasteiger charge is 2.52. The molecule has 0 amide bonds. The lowest BCUT2D eigenvalue weighted by Crippen LogP contribution is -2.26. The van der Waals surface area contributed by atoms with Gasteiger partial charge in [-0.2, -0.15) is 0 Å². The largest absolute Gasteiger partial charge is 0.459 e. The average Bonchev–Trinajstić information content (AvgIpc) is 4.26. The number of hydrogen-bond acceptors (Lipinski definition) is 4. The van der Waals surface area contributed by atoms with E-state index in [0.717, 1.165) is 89.5 Å². The highest BCUT2D eigenvalue weighted by atomic mass is 16.3. The second kappa shape index (κ2) is 18.0. The lowest BCUT2D eigenvalue weighted by atomic mass is 9.70. The number of aryl methyl sites for hydroxylation is 1. The minimum atomic E-state index is -0.581. The summed E-state index contributed by atoms with van der Waals surface area (Å²) in [6, 6.07) is 92.7. The first-order valence-corrected chi connectivity index (χ1v) is 26.7. The Hall–Kier alpha value is -10.2. The topological polar surface area (TPSA) is 32.8 Å². The van der Waals surface area contributed by atoms with E-state index in [1.807, 2.05) is 25.1 Å². The Morgan fingerprint density at radius 2 is 0.808 bits per heavy atom. The SMILES string of the molecule is C=C/C=C\c1c(C)oc2c(N(c3ccc(-c4ccccc4)cc3)c3ccc4c(c3)-c3cc(N(c5ccc(-c6ccccc6)cc5)c5cccc6c5oc5ccccc56)ccc3C43c4ccccc4-c4ccccc43)cccc12. The van der Waals surface area contributed by atoms with Crippen molar-refractivity contribution in [3.05, 3.63) is 307 Å². The molecule has 368 valence electrons. The van der Waals surface area contributed by atoms with Crippen molar-refractivity contribution in [2.24, 2.45) is 0 Å². The molecule has 0 bridgehead atoms. The zero-order valence-corrected chi connectivity index (χ0v) is 42.9. The molecule has 78 heavy (non-hydrogen) atoms. The molecule has 0 radical (unpaired) electrons. The van der Waals surface area contributed by atoms with Crippen molar-refractivity contribution in [3.8, 4) is 44.5 Å². The number of anilines is 6. The molecule has 0 aliphatic heterocycles. The smallest absolute Gasteiger partial charge is 0.159 e. The molecule has 0 fully saturated rings. The molecule has 11 aromatic carbocycles. The Morgan fingerprint density at radius 1 is 0.372 bits per heavy atom. The molecule has 13 aromatic rings. The van der Waals surface area contributed by atoms with Crippen LogP contribution in [0.1, 0.15) is 33.6 Å². The van der Waals surface area contributed by atoms with Gasteiger partial charge in [0.2, 0.25) is 0 Å². The van der Waals surface area contributed by atoms with Gasteiger partial charge in [0, 0.05) is 44.5 Å². The molecule has 2 heterocycles. The summed E-state index contributed by atoms with van der Waals surface area (Å²) in [5.74, 6) is 0.850. The van der Waals surface area contributed by atoms with Crippen molar-refractivity contribution in [2.75, 3.05) is 9.80 Å². The molecule has 2 aromatic heterocycles. The van der Waals surface area contributed by atoms with Gasteiger partial charge < -0.3 is 18.6 Å². The highest BCUT2D eigenvalue weighted by molar-refractivity contribution is 6.11. The summed E-state index contributed by atoms with van der Waals surface area (Å²) in [6.07, 6.45) is 5.88. The summed E-state index contributed by atoms with van der Waals surface area (Å²) in [5, 5.41) is 3.21. The van der Waals surface area contributed by atoms with Crippen LogP contribution in [0.5, 0.6) is 0 Å². The Morgan fingerprint density at radius 3 is 1.36 bits per heavy atom. The maximum Gasteiger partial charge on any atom is 0.159 e. The first-order valence-electron chi connectivity index (χ1n) is 26.7. The molecule has 2 aliphatic carbocycles. The fourth-order valence-electron chi connectivity index (χ4n) is 12.8. The van der Waals surface area contributed by atoms with Gasteiger partial charge in [-0.1, -0.05) is 213 Å². The van der Waals surface area contributed by atoms with Crippen molar-refractivity contribution in [1.82, 2.24) is 0 Å². The fraction of sp³-hybridized carbons (Fsp3) is 0.0270. The third-order valence-electron chi connectivity index (χ3n) is 16.2. The van der Waals surface area contributed by atoms with Crippen LogP contribution in [-0.4, -0.2) is 0 Å². The lowest BCUT2D eigenvalue weighted by molar-refractivity contribution is 0.578. The van der Waals surface area contributed by atoms with Crippen LogP contribution >= 0.6 is 0 Å². The highest BCUT2D eigenvalue weighted by Crippen LogP contribution is 2.64. The summed E-state index contributed by atoms with van der Waals surface area (Å²) in [4.78, 5) is 4.75. The van der Waals surface area contributed by atoms with E-state index < -0.39 is 5.41 Å². The Balaban J connectivity index is 0.984. The number of allylic oxidation sites excluding steroid dienone is 2. The van der Waals surface area contributed by atoms with Crippen LogP contribution in [0.3, 0.4) is 0 Å². The number of para-hydroxylation sites is 3. The number of rotatable bonds is 10. The molecule has 1 spiro atoms. The van der Waals surface area contributed by atoms with E-state index in [1.54, 1.807) is 0 Å². The van der Waals surface area contributed by atoms with E-state index in [0.29, 0.717) is 0 Å². The molecule has 0 unspecified atom stereocenters. The van der Waals surface area contributed by atoms with Crippen LogP contribution < -0.4 is 9.80 Å². The number of nitrogens with zero attached hydrogens (tertiary/aromatic N) is 2. The van der Waals surface area contributed by atoms with E-state index in [2.05, 4.69) is 271 Å². The third-order valence-corrected chi connectivity index (χ3v) is 16.2. The quantitative estimate of drug-likeness (QED) is 0.128. The predicted octanol–water partition coefficient (Wildman–Crippen LogP) is 20.5. The van der Waals surface area contributed by atoms with Crippen molar-refractivity contribution in [3.63, 3.8) is 0 Å². The van der Waals surface area contributed by atoms with E-state index >= 15 is 0 Å². The minimum absolute atomic E-state index is 0.581. The zero-order chi connectivity index (χ0) is 51.9. The van der Waals surface area contributed by atoms with E-state index in [-0.39, 0.29) is 0 Å². The van der Waals surface area contributed by atoms with Crippen LogP contribution in [0.25, 0.3) is 83.5 Å². The number of fused-ring (bicyclic) bond motifs is 14. The normalized spacial score (nSPS) is 12.8. The summed E-state index contributed by atoms with van der Waals surface area (Å²) >= 11 is 0. The third kappa shape index (κ3) is 6.86. The fourth-order valence-corrected chi connectivity index (χ4v) is 12.8. The monoisotopic (exact) mass is 998 g/mol. The van der Waals surface area contributed by atoms with Gasteiger partial charge in [-0.15, -0.1) is 0 Å². The van der Waals surface area contributed by atoms with Gasteiger partial charge in [0.05, 0.1) is 16.8 Å². The van der Waals surface area contributed by atoms with Gasteiger partial charge in [0.15, 0.2) is 11.2 Å². The number of hydrogen-bond donors (Lipinski definition) is 0. The molecular weight excluding hydrogens is 949 g/mol.